The van der Waals surface area contributed by atoms with Gasteiger partial charge >= 0.3 is 0 Å². The highest BCUT2D eigenvalue weighted by molar-refractivity contribution is 5.95. The number of ether oxygens (including phenoxy) is 1. The minimum atomic E-state index is -0.0775. The highest BCUT2D eigenvalue weighted by Crippen LogP contribution is 2.25. The Morgan fingerprint density at radius 2 is 2.37 bits per heavy atom. The highest BCUT2D eigenvalue weighted by Gasteiger charge is 2.28. The number of nitrogens with zero attached hydrogens (tertiary/aromatic N) is 1. The number of carbonyl (C=O) groups is 1. The van der Waals surface area contributed by atoms with E-state index in [0.29, 0.717) is 30.2 Å². The van der Waals surface area contributed by atoms with Crippen LogP contribution in [0.15, 0.2) is 18.2 Å². The van der Waals surface area contributed by atoms with E-state index in [1.165, 1.54) is 0 Å². The van der Waals surface area contributed by atoms with Crippen LogP contribution in [0.3, 0.4) is 0 Å². The predicted molar refractivity (Wildman–Crippen MR) is 73.2 cm³/mol. The molecule has 1 amide bonds. The number of carbonyl (C=O) groups excluding carboxylic acids is 1. The van der Waals surface area contributed by atoms with Gasteiger partial charge in [-0.3, -0.25) is 4.79 Å². The molecule has 1 aromatic carbocycles. The SMILES string of the molecule is CCOc1ccc(C(=O)N2CCC[C@@H]2CO)cc1N. The Kier molecular flexibility index (Phi) is 4.27. The van der Waals surface area contributed by atoms with Gasteiger partial charge in [0.15, 0.2) is 0 Å². The van der Waals surface area contributed by atoms with E-state index in [1.807, 2.05) is 6.92 Å². The summed E-state index contributed by atoms with van der Waals surface area (Å²) in [5.41, 5.74) is 6.87. The second-order valence-corrected chi connectivity index (χ2v) is 4.66. The molecule has 5 nitrogen and oxygen atoms in total. The molecule has 19 heavy (non-hydrogen) atoms. The Bertz CT molecular complexity index is 462. The molecule has 1 aliphatic heterocycles. The van der Waals surface area contributed by atoms with Gasteiger partial charge in [-0.05, 0) is 38.0 Å². The molecule has 1 saturated heterocycles. The van der Waals surface area contributed by atoms with Gasteiger partial charge < -0.3 is 20.5 Å². The van der Waals surface area contributed by atoms with Gasteiger partial charge in [-0.25, -0.2) is 0 Å². The summed E-state index contributed by atoms with van der Waals surface area (Å²) < 4.78 is 5.35. The smallest absolute Gasteiger partial charge is 0.254 e. The summed E-state index contributed by atoms with van der Waals surface area (Å²) in [5.74, 6) is 0.519. The highest BCUT2D eigenvalue weighted by atomic mass is 16.5. The first-order chi connectivity index (χ1) is 9.17. The van der Waals surface area contributed by atoms with E-state index < -0.39 is 0 Å². The summed E-state index contributed by atoms with van der Waals surface area (Å²) in [6, 6.07) is 5.01. The number of nitrogen functional groups attached to an aromatic ring is 1. The molecule has 1 aliphatic rings. The zero-order valence-corrected chi connectivity index (χ0v) is 11.1. The minimum absolute atomic E-state index is 0.0122. The second kappa shape index (κ2) is 5.93. The van der Waals surface area contributed by atoms with Crippen LogP contribution < -0.4 is 10.5 Å². The molecule has 104 valence electrons. The van der Waals surface area contributed by atoms with E-state index >= 15 is 0 Å². The Balaban J connectivity index is 2.17. The normalized spacial score (nSPS) is 18.6. The van der Waals surface area contributed by atoms with Crippen molar-refractivity contribution in [3.8, 4) is 5.75 Å². The maximum Gasteiger partial charge on any atom is 0.254 e. The third-order valence-corrected chi connectivity index (χ3v) is 3.41. The van der Waals surface area contributed by atoms with E-state index in [4.69, 9.17) is 10.5 Å². The topological polar surface area (TPSA) is 75.8 Å². The fourth-order valence-electron chi connectivity index (χ4n) is 2.43. The quantitative estimate of drug-likeness (QED) is 0.803. The molecule has 0 aliphatic carbocycles. The monoisotopic (exact) mass is 264 g/mol. The number of aliphatic hydroxyl groups is 1. The summed E-state index contributed by atoms with van der Waals surface area (Å²) in [4.78, 5) is 14.1. The Morgan fingerprint density at radius 1 is 1.58 bits per heavy atom. The second-order valence-electron chi connectivity index (χ2n) is 4.66. The summed E-state index contributed by atoms with van der Waals surface area (Å²) in [6.45, 7) is 3.13. The third-order valence-electron chi connectivity index (χ3n) is 3.41. The molecular formula is C14H20N2O3. The summed E-state index contributed by atoms with van der Waals surface area (Å²) in [6.07, 6.45) is 1.79. The number of nitrogens with two attached hydrogens (primary N) is 1. The average Bonchev–Trinajstić information content (AvgIpc) is 2.88. The summed E-state index contributed by atoms with van der Waals surface area (Å²) in [5, 5.41) is 9.26. The molecule has 0 aromatic heterocycles. The standard InChI is InChI=1S/C14H20N2O3/c1-2-19-13-6-5-10(8-12(13)15)14(18)16-7-3-4-11(16)9-17/h5-6,8,11,17H,2-4,7,9,15H2,1H3/t11-/m1/s1. The number of likely N-dealkylation sites (tertiary alicyclic amines) is 1. The van der Waals surface area contributed by atoms with Crippen LogP contribution in [0.5, 0.6) is 5.75 Å². The maximum absolute atomic E-state index is 12.4. The number of hydrogen-bond acceptors (Lipinski definition) is 4. The van der Waals surface area contributed by atoms with Crippen molar-refractivity contribution in [1.29, 1.82) is 0 Å². The lowest BCUT2D eigenvalue weighted by Crippen LogP contribution is -2.37. The molecule has 0 saturated carbocycles. The van der Waals surface area contributed by atoms with E-state index in [1.54, 1.807) is 23.1 Å². The van der Waals surface area contributed by atoms with Crippen molar-refractivity contribution in [2.75, 3.05) is 25.5 Å². The van der Waals surface area contributed by atoms with Crippen LogP contribution >= 0.6 is 0 Å². The van der Waals surface area contributed by atoms with E-state index in [0.717, 1.165) is 12.8 Å². The van der Waals surface area contributed by atoms with Gasteiger partial charge in [0.25, 0.3) is 5.91 Å². The zero-order valence-electron chi connectivity index (χ0n) is 11.1. The number of amides is 1. The van der Waals surface area contributed by atoms with Crippen molar-refractivity contribution >= 4 is 11.6 Å². The van der Waals surface area contributed by atoms with Crippen LogP contribution in [0.25, 0.3) is 0 Å². The largest absolute Gasteiger partial charge is 0.492 e. The van der Waals surface area contributed by atoms with Gasteiger partial charge in [0.05, 0.1) is 24.9 Å². The Morgan fingerprint density at radius 3 is 3.00 bits per heavy atom. The van der Waals surface area contributed by atoms with Crippen LogP contribution in [0.2, 0.25) is 0 Å². The van der Waals surface area contributed by atoms with Crippen LogP contribution in [0.4, 0.5) is 5.69 Å². The van der Waals surface area contributed by atoms with Crippen molar-refractivity contribution in [2.45, 2.75) is 25.8 Å². The summed E-state index contributed by atoms with van der Waals surface area (Å²) in [7, 11) is 0. The molecule has 3 N–H and O–H groups in total. The molecule has 1 fully saturated rings. The van der Waals surface area contributed by atoms with E-state index in [-0.39, 0.29) is 18.6 Å². The molecule has 5 heteroatoms. The molecule has 0 unspecified atom stereocenters. The van der Waals surface area contributed by atoms with Gasteiger partial charge in [-0.2, -0.15) is 0 Å². The predicted octanol–water partition coefficient (Wildman–Crippen LogP) is 1.26. The van der Waals surface area contributed by atoms with Crippen molar-refractivity contribution in [3.63, 3.8) is 0 Å². The number of anilines is 1. The maximum atomic E-state index is 12.4. The zero-order chi connectivity index (χ0) is 13.8. The van der Waals surface area contributed by atoms with Crippen molar-refractivity contribution < 1.29 is 14.6 Å². The van der Waals surface area contributed by atoms with Crippen LogP contribution in [-0.4, -0.2) is 41.7 Å². The van der Waals surface area contributed by atoms with Gasteiger partial charge in [0, 0.05) is 12.1 Å². The molecular weight excluding hydrogens is 244 g/mol. The van der Waals surface area contributed by atoms with Crippen molar-refractivity contribution in [2.24, 2.45) is 0 Å². The minimum Gasteiger partial charge on any atom is -0.492 e. The lowest BCUT2D eigenvalue weighted by Gasteiger charge is -2.23. The first-order valence-corrected chi connectivity index (χ1v) is 6.61. The van der Waals surface area contributed by atoms with Gasteiger partial charge in [0.2, 0.25) is 0 Å². The Labute approximate surface area is 113 Å². The lowest BCUT2D eigenvalue weighted by molar-refractivity contribution is 0.0677. The van der Waals surface area contributed by atoms with E-state index in [2.05, 4.69) is 0 Å². The van der Waals surface area contributed by atoms with Gasteiger partial charge in [0.1, 0.15) is 5.75 Å². The molecule has 0 spiro atoms. The first-order valence-electron chi connectivity index (χ1n) is 6.61. The first kappa shape index (κ1) is 13.7. The fourth-order valence-corrected chi connectivity index (χ4v) is 2.43. The van der Waals surface area contributed by atoms with Crippen LogP contribution in [0.1, 0.15) is 30.1 Å². The molecule has 0 bridgehead atoms. The summed E-state index contributed by atoms with van der Waals surface area (Å²) >= 11 is 0. The number of aliphatic hydroxyl groups excluding tert-OH is 1. The number of rotatable bonds is 4. The fraction of sp³-hybridized carbons (Fsp3) is 0.500. The Hall–Kier alpha value is -1.75. The van der Waals surface area contributed by atoms with Crippen molar-refractivity contribution in [3.05, 3.63) is 23.8 Å². The molecule has 1 heterocycles. The van der Waals surface area contributed by atoms with Crippen LogP contribution in [0, 0.1) is 0 Å². The number of hydrogen-bond donors (Lipinski definition) is 2. The molecule has 0 radical (unpaired) electrons. The van der Waals surface area contributed by atoms with Crippen LogP contribution in [-0.2, 0) is 0 Å². The van der Waals surface area contributed by atoms with Gasteiger partial charge in [-0.1, -0.05) is 0 Å². The lowest BCUT2D eigenvalue weighted by atomic mass is 10.1. The van der Waals surface area contributed by atoms with Crippen molar-refractivity contribution in [1.82, 2.24) is 4.90 Å². The van der Waals surface area contributed by atoms with Gasteiger partial charge in [-0.15, -0.1) is 0 Å². The molecule has 1 aromatic rings. The third kappa shape index (κ3) is 2.81. The molecule has 2 rings (SSSR count). The molecule has 1 atom stereocenters. The van der Waals surface area contributed by atoms with E-state index in [9.17, 15) is 9.90 Å². The average molecular weight is 264 g/mol. The number of benzene rings is 1.